The lowest BCUT2D eigenvalue weighted by Gasteiger charge is -2.35. The summed E-state index contributed by atoms with van der Waals surface area (Å²) in [6, 6.07) is 26.9. The molecule has 5 aliphatic rings. The zero-order valence-electron chi connectivity index (χ0n) is 33.2. The number of rotatable bonds is 4. The molecule has 0 saturated carbocycles. The van der Waals surface area contributed by atoms with E-state index in [-0.39, 0.29) is 24.1 Å². The predicted molar refractivity (Wildman–Crippen MR) is 228 cm³/mol. The first kappa shape index (κ1) is 37.1. The summed E-state index contributed by atoms with van der Waals surface area (Å²) >= 11 is 0. The van der Waals surface area contributed by atoms with Crippen LogP contribution in [0.1, 0.15) is 19.8 Å². The lowest BCUT2D eigenvalue weighted by molar-refractivity contribution is -0.173. The highest BCUT2D eigenvalue weighted by Gasteiger charge is 2.42. The molecule has 12 rings (SSSR count). The Morgan fingerprint density at radius 2 is 1.21 bits per heavy atom. The Balaban J connectivity index is 0.000000140. The van der Waals surface area contributed by atoms with Gasteiger partial charge in [0.1, 0.15) is 22.7 Å². The number of urea groups is 2. The van der Waals surface area contributed by atoms with Gasteiger partial charge in [0.15, 0.2) is 23.1 Å². The van der Waals surface area contributed by atoms with E-state index >= 15 is 0 Å². The minimum atomic E-state index is -2.18. The van der Waals surface area contributed by atoms with Gasteiger partial charge < -0.3 is 19.3 Å². The number of fused-ring (bicyclic) bond motifs is 10. The Bertz CT molecular complexity index is 2870. The van der Waals surface area contributed by atoms with Crippen molar-refractivity contribution in [3.8, 4) is 34.0 Å². The van der Waals surface area contributed by atoms with Crippen molar-refractivity contribution >= 4 is 57.7 Å². The number of aromatic nitrogens is 6. The summed E-state index contributed by atoms with van der Waals surface area (Å²) in [5, 5.41) is 13.5. The molecule has 7 aromatic rings. The van der Waals surface area contributed by atoms with Crippen LogP contribution in [0, 0.1) is 0 Å². The second kappa shape index (κ2) is 14.7. The van der Waals surface area contributed by atoms with Crippen LogP contribution in [-0.2, 0) is 0 Å². The van der Waals surface area contributed by atoms with Gasteiger partial charge in [0.25, 0.3) is 0 Å². The summed E-state index contributed by atoms with van der Waals surface area (Å²) in [5.74, 6) is 2.92. The molecule has 5 aliphatic heterocycles. The molecule has 3 atom stereocenters. The second-order valence-corrected chi connectivity index (χ2v) is 15.6. The number of nitrogens with one attached hydrogen (secondary N) is 2. The van der Waals surface area contributed by atoms with Crippen LogP contribution >= 0.6 is 0 Å². The van der Waals surface area contributed by atoms with Crippen LogP contribution < -0.4 is 39.7 Å². The van der Waals surface area contributed by atoms with E-state index < -0.39 is 6.04 Å². The Labute approximate surface area is 353 Å². The highest BCUT2D eigenvalue weighted by Crippen LogP contribution is 2.45. The van der Waals surface area contributed by atoms with Crippen molar-refractivity contribution in [3.63, 3.8) is 0 Å². The monoisotopic (exact) mass is 832 g/mol. The summed E-state index contributed by atoms with van der Waals surface area (Å²) in [6.07, 6.45) is 5.05. The Hall–Kier alpha value is -7.89. The molecule has 0 spiro atoms. The Morgan fingerprint density at radius 1 is 0.661 bits per heavy atom. The molecule has 5 aromatic heterocycles. The third-order valence-electron chi connectivity index (χ3n) is 11.5. The molecule has 2 N–H and O–H groups in total. The lowest BCUT2D eigenvalue weighted by atomic mass is 10.1. The predicted octanol–water partition coefficient (Wildman–Crippen LogP) is 7.50. The van der Waals surface area contributed by atoms with Gasteiger partial charge in [-0.15, -0.1) is 0 Å². The second-order valence-electron chi connectivity index (χ2n) is 15.6. The van der Waals surface area contributed by atoms with Crippen LogP contribution in [0.4, 0.5) is 48.6 Å². The van der Waals surface area contributed by atoms with Gasteiger partial charge in [-0.25, -0.2) is 34.2 Å². The van der Waals surface area contributed by atoms with Gasteiger partial charge in [0, 0.05) is 56.6 Å². The number of halogens is 1. The van der Waals surface area contributed by atoms with Gasteiger partial charge in [0.2, 0.25) is 0 Å². The van der Waals surface area contributed by atoms with Crippen LogP contribution in [0.2, 0.25) is 0 Å². The molecule has 310 valence electrons. The van der Waals surface area contributed by atoms with Crippen LogP contribution in [-0.4, -0.2) is 86.6 Å². The van der Waals surface area contributed by atoms with Gasteiger partial charge in [-0.1, -0.05) is 18.2 Å². The van der Waals surface area contributed by atoms with E-state index in [9.17, 15) is 14.0 Å². The first-order valence-electron chi connectivity index (χ1n) is 20.2. The summed E-state index contributed by atoms with van der Waals surface area (Å²) in [5.41, 5.74) is 6.28. The molecule has 0 aliphatic carbocycles. The van der Waals surface area contributed by atoms with E-state index in [1.165, 1.54) is 6.92 Å². The average molecular weight is 833 g/mol. The third kappa shape index (κ3) is 6.74. The number of alkyl halides is 1. The number of ether oxygens (including phenoxy) is 2. The number of benzene rings is 2. The van der Waals surface area contributed by atoms with Gasteiger partial charge in [-0.2, -0.15) is 4.39 Å². The number of carbonyl (C=O) groups is 2. The van der Waals surface area contributed by atoms with E-state index in [1.54, 1.807) is 58.6 Å². The Kier molecular flexibility index (Phi) is 8.79. The quantitative estimate of drug-likeness (QED) is 0.178. The van der Waals surface area contributed by atoms with Crippen molar-refractivity contribution in [2.45, 2.75) is 37.9 Å². The first-order valence-corrected chi connectivity index (χ1v) is 20.2. The molecule has 1 unspecified atom stereocenters. The molecule has 18 heteroatoms. The van der Waals surface area contributed by atoms with E-state index in [1.807, 2.05) is 60.7 Å². The molecular weight excluding hydrogens is 796 g/mol. The van der Waals surface area contributed by atoms with E-state index in [4.69, 9.17) is 24.1 Å². The molecule has 17 nitrogen and oxygen atoms in total. The molecule has 4 bridgehead atoms. The lowest BCUT2D eigenvalue weighted by Crippen LogP contribution is -2.48. The molecule has 2 aromatic carbocycles. The molecule has 62 heavy (non-hydrogen) atoms. The average Bonchev–Trinajstić information content (AvgIpc) is 4.09. The number of nitrogens with zero attached hydrogens (tertiary/aromatic N) is 10. The maximum absolute atomic E-state index is 14.1. The van der Waals surface area contributed by atoms with Crippen molar-refractivity contribution in [2.24, 2.45) is 0 Å². The van der Waals surface area contributed by atoms with Crippen molar-refractivity contribution in [3.05, 3.63) is 109 Å². The summed E-state index contributed by atoms with van der Waals surface area (Å²) < 4.78 is 29.2. The zero-order chi connectivity index (χ0) is 42.0. The van der Waals surface area contributed by atoms with E-state index in [2.05, 4.69) is 40.7 Å². The minimum absolute atomic E-state index is 0.0259. The molecule has 0 radical (unpaired) electrons. The van der Waals surface area contributed by atoms with Gasteiger partial charge in [-0.05, 0) is 102 Å². The fraction of sp³-hybridized carbons (Fsp3) is 0.227. The number of amides is 4. The van der Waals surface area contributed by atoms with Crippen LogP contribution in [0.15, 0.2) is 114 Å². The fourth-order valence-electron chi connectivity index (χ4n) is 8.66. The normalized spacial score (nSPS) is 20.0. The molecule has 4 amide bonds. The van der Waals surface area contributed by atoms with Crippen molar-refractivity contribution < 1.29 is 28.1 Å². The topological polar surface area (TPSA) is 180 Å². The molecule has 10 heterocycles. The summed E-state index contributed by atoms with van der Waals surface area (Å²) in [6.45, 7) is 4.56. The smallest absolute Gasteiger partial charge is 0.404 e. The number of hydrogen-bond donors (Lipinski definition) is 2. The number of pyridine rings is 4. The fourth-order valence-corrected chi connectivity index (χ4v) is 8.66. The first-order chi connectivity index (χ1) is 30.2. The molecule has 2 saturated heterocycles. The van der Waals surface area contributed by atoms with Gasteiger partial charge in [0.05, 0.1) is 34.8 Å². The van der Waals surface area contributed by atoms with Crippen molar-refractivity contribution in [2.75, 3.05) is 56.4 Å². The largest absolute Gasteiger partial charge is 0.423 e. The van der Waals surface area contributed by atoms with Crippen molar-refractivity contribution in [1.29, 1.82) is 0 Å². The van der Waals surface area contributed by atoms with E-state index in [0.29, 0.717) is 51.5 Å². The van der Waals surface area contributed by atoms with Crippen LogP contribution in [0.5, 0.6) is 11.5 Å². The highest BCUT2D eigenvalue weighted by atomic mass is 19.2. The molecule has 2 fully saturated rings. The zero-order valence-corrected chi connectivity index (χ0v) is 33.2. The van der Waals surface area contributed by atoms with Crippen LogP contribution in [0.3, 0.4) is 0 Å². The third-order valence-corrected chi connectivity index (χ3v) is 11.5. The minimum Gasteiger partial charge on any atom is -0.423 e. The van der Waals surface area contributed by atoms with Gasteiger partial charge in [-0.3, -0.25) is 20.4 Å². The number of carbonyl (C=O) groups excluding carboxylic acids is 2. The maximum Gasteiger partial charge on any atom is 0.404 e. The summed E-state index contributed by atoms with van der Waals surface area (Å²) in [4.78, 5) is 52.6. The highest BCUT2D eigenvalue weighted by molar-refractivity contribution is 6.05. The van der Waals surface area contributed by atoms with Crippen molar-refractivity contribution in [1.82, 2.24) is 30.2 Å². The van der Waals surface area contributed by atoms with Crippen LogP contribution in [0.25, 0.3) is 33.5 Å². The SMILES string of the molecule is CC1(F)Oc2ccc(-c3ccc4c(n3)N(C(=O)Nc3ccccn3)[C@H]3CCN4C3)cc2O1.O=C(Nc1ccccn1)N1c2nc(-c3ccc4nonc4c3)ccc2N2CC[C@H]1C2. The Morgan fingerprint density at radius 3 is 1.79 bits per heavy atom. The number of hydrogen-bond acceptors (Lipinski definition) is 13. The standard InChI is InChI=1S/C23H20FN5O3.C21H17N7O2/c1-23(24)31-18-8-5-14(12-19(18)32-23)16-6-7-17-21(26-16)29(15-9-11-28(17)13-15)22(30)27-20-4-2-3-10-25-20;29-21(24-19-3-1-2-9-22-19)28-14-8-10-27(12-14)18-7-6-15(23-20(18)28)13-4-5-16-17(11-13)26-30-25-16/h2-8,10,12,15H,9,11,13H2,1H3,(H,25,27,30);1-7,9,11,14H,8,10,12H2,(H,22,24,29)/t15-,23?;14-/m00/s1. The number of anilines is 6. The summed E-state index contributed by atoms with van der Waals surface area (Å²) in [7, 11) is 0. The van der Waals surface area contributed by atoms with E-state index in [0.717, 1.165) is 67.2 Å². The maximum atomic E-state index is 14.1. The van der Waals surface area contributed by atoms with Gasteiger partial charge >= 0.3 is 18.1 Å². The molecular formula is C44H37FN12O5.